The van der Waals surface area contributed by atoms with Crippen molar-refractivity contribution in [2.45, 2.75) is 37.7 Å². The summed E-state index contributed by atoms with van der Waals surface area (Å²) in [5.74, 6) is -2.54. The van der Waals surface area contributed by atoms with Crippen LogP contribution in [0.1, 0.15) is 36.0 Å². The highest BCUT2D eigenvalue weighted by atomic mass is 19.3. The maximum atomic E-state index is 13.3. The molecule has 140 valence electrons. The minimum Gasteiger partial charge on any atom is -0.474 e. The van der Waals surface area contributed by atoms with Crippen molar-refractivity contribution in [3.8, 4) is 5.88 Å². The summed E-state index contributed by atoms with van der Waals surface area (Å²) in [6, 6.07) is 0. The second kappa shape index (κ2) is 7.49. The highest BCUT2D eigenvalue weighted by Crippen LogP contribution is 2.36. The fourth-order valence-corrected chi connectivity index (χ4v) is 2.97. The molecule has 0 bridgehead atoms. The van der Waals surface area contributed by atoms with Crippen LogP contribution in [-0.4, -0.2) is 58.3 Å². The number of alkyl halides is 2. The first-order chi connectivity index (χ1) is 12.4. The smallest absolute Gasteiger partial charge is 0.248 e. The van der Waals surface area contributed by atoms with E-state index in [1.165, 1.54) is 12.4 Å². The minimum atomic E-state index is -2.62. The van der Waals surface area contributed by atoms with E-state index in [1.807, 2.05) is 19.0 Å². The molecule has 0 atom stereocenters. The summed E-state index contributed by atoms with van der Waals surface area (Å²) >= 11 is 0. The van der Waals surface area contributed by atoms with Gasteiger partial charge in [0.05, 0.1) is 10.9 Å². The summed E-state index contributed by atoms with van der Waals surface area (Å²) in [5, 5.41) is 0.490. The zero-order chi connectivity index (χ0) is 18.7. The van der Waals surface area contributed by atoms with E-state index in [1.54, 1.807) is 12.3 Å². The van der Waals surface area contributed by atoms with E-state index in [-0.39, 0.29) is 43.5 Å². The zero-order valence-corrected chi connectivity index (χ0v) is 14.8. The van der Waals surface area contributed by atoms with Gasteiger partial charge in [0.2, 0.25) is 11.8 Å². The molecule has 2 heterocycles. The van der Waals surface area contributed by atoms with Gasteiger partial charge in [-0.25, -0.2) is 18.7 Å². The summed E-state index contributed by atoms with van der Waals surface area (Å²) in [5.41, 5.74) is 0.896. The molecule has 0 aliphatic heterocycles. The maximum Gasteiger partial charge on any atom is 0.248 e. The summed E-state index contributed by atoms with van der Waals surface area (Å²) in [4.78, 5) is 25.6. The minimum absolute atomic E-state index is 0.187. The number of halogens is 2. The molecule has 0 unspecified atom stereocenters. The van der Waals surface area contributed by atoms with Gasteiger partial charge in [0.25, 0.3) is 0 Å². The van der Waals surface area contributed by atoms with Gasteiger partial charge in [-0.3, -0.25) is 4.79 Å². The molecule has 1 saturated carbocycles. The van der Waals surface area contributed by atoms with Crippen molar-refractivity contribution in [2.75, 3.05) is 20.6 Å². The van der Waals surface area contributed by atoms with Crippen LogP contribution in [0.3, 0.4) is 0 Å². The average Bonchev–Trinajstić information content (AvgIpc) is 3.01. The van der Waals surface area contributed by atoms with Gasteiger partial charge in [-0.2, -0.15) is 0 Å². The van der Waals surface area contributed by atoms with E-state index in [9.17, 15) is 13.6 Å². The molecule has 26 heavy (non-hydrogen) atoms. The Kier molecular flexibility index (Phi) is 5.31. The van der Waals surface area contributed by atoms with Crippen molar-refractivity contribution in [3.05, 3.63) is 30.2 Å². The van der Waals surface area contributed by atoms with E-state index in [2.05, 4.69) is 15.0 Å². The quantitative estimate of drug-likeness (QED) is 0.629. The van der Waals surface area contributed by atoms with Crippen LogP contribution in [0.5, 0.6) is 5.88 Å². The van der Waals surface area contributed by atoms with Crippen LogP contribution in [0.15, 0.2) is 24.7 Å². The molecule has 1 aliphatic carbocycles. The first-order valence-corrected chi connectivity index (χ1v) is 8.58. The second-order valence-corrected chi connectivity index (χ2v) is 6.81. The Bertz CT molecular complexity index is 807. The lowest BCUT2D eigenvalue weighted by atomic mass is 9.94. The zero-order valence-electron chi connectivity index (χ0n) is 14.8. The molecule has 0 amide bonds. The van der Waals surface area contributed by atoms with Crippen LogP contribution in [0.2, 0.25) is 0 Å². The summed E-state index contributed by atoms with van der Waals surface area (Å²) in [7, 11) is 3.82. The van der Waals surface area contributed by atoms with Gasteiger partial charge in [0, 0.05) is 25.6 Å². The van der Waals surface area contributed by atoms with Gasteiger partial charge in [0.15, 0.2) is 5.78 Å². The Morgan fingerprint density at radius 3 is 2.81 bits per heavy atom. The lowest BCUT2D eigenvalue weighted by Crippen LogP contribution is -2.31. The lowest BCUT2D eigenvalue weighted by Gasteiger charge is -2.28. The van der Waals surface area contributed by atoms with E-state index >= 15 is 0 Å². The van der Waals surface area contributed by atoms with Gasteiger partial charge in [0.1, 0.15) is 18.1 Å². The number of nitrogens with one attached hydrogen (secondary N) is 1. The van der Waals surface area contributed by atoms with Gasteiger partial charge in [-0.1, -0.05) is 6.08 Å². The third-order valence-electron chi connectivity index (χ3n) is 4.38. The number of ketones is 1. The number of nitrogens with zero attached hydrogens (tertiary/aromatic N) is 3. The normalized spacial score (nSPS) is 18.0. The van der Waals surface area contributed by atoms with Crippen LogP contribution >= 0.6 is 0 Å². The highest BCUT2D eigenvalue weighted by Gasteiger charge is 2.36. The monoisotopic (exact) mass is 364 g/mol. The van der Waals surface area contributed by atoms with Crippen molar-refractivity contribution in [2.24, 2.45) is 0 Å². The number of fused-ring (bicyclic) bond motifs is 1. The molecule has 0 aromatic carbocycles. The van der Waals surface area contributed by atoms with Crippen molar-refractivity contribution in [1.82, 2.24) is 19.9 Å². The number of H-pyrrole nitrogens is 1. The molecule has 2 aromatic rings. The third-order valence-corrected chi connectivity index (χ3v) is 4.38. The third kappa shape index (κ3) is 4.24. The number of hydrogen-bond donors (Lipinski definition) is 1. The number of ether oxygens (including phenoxy) is 1. The number of hydrogen-bond acceptors (Lipinski definition) is 5. The van der Waals surface area contributed by atoms with Crippen LogP contribution in [0, 0.1) is 0 Å². The summed E-state index contributed by atoms with van der Waals surface area (Å²) in [6.45, 7) is 0.643. The van der Waals surface area contributed by atoms with Crippen molar-refractivity contribution in [3.63, 3.8) is 0 Å². The van der Waals surface area contributed by atoms with Gasteiger partial charge < -0.3 is 14.6 Å². The predicted molar refractivity (Wildman–Crippen MR) is 93.7 cm³/mol. The largest absolute Gasteiger partial charge is 0.474 e. The average molecular weight is 364 g/mol. The number of aromatic amines is 1. The Morgan fingerprint density at radius 2 is 2.12 bits per heavy atom. The highest BCUT2D eigenvalue weighted by molar-refractivity contribution is 6.13. The van der Waals surface area contributed by atoms with Crippen LogP contribution in [0.25, 0.3) is 11.0 Å². The molecule has 3 rings (SSSR count). The number of carbonyl (C=O) groups is 1. The fourth-order valence-electron chi connectivity index (χ4n) is 2.97. The Hall–Kier alpha value is -2.35. The SMILES string of the molecule is CN(C)C/C=C/C(=O)c1c[nH]c2ncnc(OC3CCC(F)(F)CC3)c12. The Labute approximate surface area is 150 Å². The van der Waals surface area contributed by atoms with E-state index < -0.39 is 5.92 Å². The topological polar surface area (TPSA) is 71.1 Å². The number of aromatic nitrogens is 3. The number of likely N-dealkylation sites (N-methyl/N-ethyl adjacent to an activating group) is 1. The van der Waals surface area contributed by atoms with E-state index in [0.717, 1.165) is 0 Å². The van der Waals surface area contributed by atoms with Gasteiger partial charge in [-0.05, 0) is 33.0 Å². The first-order valence-electron chi connectivity index (χ1n) is 8.58. The molecular formula is C18H22F2N4O2. The van der Waals surface area contributed by atoms with Crippen molar-refractivity contribution in [1.29, 1.82) is 0 Å². The van der Waals surface area contributed by atoms with E-state index in [4.69, 9.17) is 4.74 Å². The molecule has 8 heteroatoms. The second-order valence-electron chi connectivity index (χ2n) is 6.81. The Balaban J connectivity index is 1.82. The van der Waals surface area contributed by atoms with Crippen LogP contribution in [0.4, 0.5) is 8.78 Å². The molecule has 0 saturated heterocycles. The van der Waals surface area contributed by atoms with Crippen LogP contribution < -0.4 is 4.74 Å². The molecule has 0 radical (unpaired) electrons. The standard InChI is InChI=1S/C18H22F2N4O2/c1-24(2)9-3-4-14(25)13-10-21-16-15(13)17(23-11-22-16)26-12-5-7-18(19,20)8-6-12/h3-4,10-12H,5-9H2,1-2H3,(H,21,22,23)/b4-3+. The molecule has 0 spiro atoms. The molecular weight excluding hydrogens is 342 g/mol. The van der Waals surface area contributed by atoms with Crippen molar-refractivity contribution < 1.29 is 18.3 Å². The lowest BCUT2D eigenvalue weighted by molar-refractivity contribution is -0.0586. The number of carbonyl (C=O) groups excluding carboxylic acids is 1. The number of rotatable bonds is 6. The molecule has 1 aliphatic rings. The van der Waals surface area contributed by atoms with Crippen molar-refractivity contribution >= 4 is 16.8 Å². The fraction of sp³-hybridized carbons (Fsp3) is 0.500. The first kappa shape index (κ1) is 18.4. The Morgan fingerprint density at radius 1 is 1.38 bits per heavy atom. The summed E-state index contributed by atoms with van der Waals surface area (Å²) in [6.07, 6.45) is 5.97. The van der Waals surface area contributed by atoms with Gasteiger partial charge >= 0.3 is 0 Å². The van der Waals surface area contributed by atoms with Crippen LogP contribution in [-0.2, 0) is 0 Å². The summed E-state index contributed by atoms with van der Waals surface area (Å²) < 4.78 is 32.5. The molecule has 6 nitrogen and oxygen atoms in total. The molecule has 2 aromatic heterocycles. The molecule has 1 N–H and O–H groups in total. The molecule has 1 fully saturated rings. The maximum absolute atomic E-state index is 13.3. The van der Waals surface area contributed by atoms with E-state index in [0.29, 0.717) is 23.1 Å². The predicted octanol–water partition coefficient (Wildman–Crippen LogP) is 3.22. The van der Waals surface area contributed by atoms with Gasteiger partial charge in [-0.15, -0.1) is 0 Å². The number of allylic oxidation sites excluding steroid dienone is 1.